The van der Waals surface area contributed by atoms with Gasteiger partial charge in [-0.2, -0.15) is 0 Å². The summed E-state index contributed by atoms with van der Waals surface area (Å²) in [6.45, 7) is 4.39. The molecule has 1 fully saturated rings. The van der Waals surface area contributed by atoms with Crippen molar-refractivity contribution in [2.45, 2.75) is 58.1 Å². The first-order chi connectivity index (χ1) is 14.7. The number of carbonyl (C=O) groups is 1. The molecule has 5 heteroatoms. The number of benzene rings is 2. The lowest BCUT2D eigenvalue weighted by molar-refractivity contribution is -0.130. The molecule has 1 unspecified atom stereocenters. The first-order valence-electron chi connectivity index (χ1n) is 11.1. The zero-order valence-corrected chi connectivity index (χ0v) is 17.8. The number of fused-ring (bicyclic) bond motifs is 1. The van der Waals surface area contributed by atoms with Gasteiger partial charge in [-0.15, -0.1) is 0 Å². The van der Waals surface area contributed by atoms with Crippen molar-refractivity contribution in [3.8, 4) is 0 Å². The Morgan fingerprint density at radius 2 is 1.97 bits per heavy atom. The van der Waals surface area contributed by atoms with Gasteiger partial charge < -0.3 is 14.6 Å². The van der Waals surface area contributed by atoms with Crippen LogP contribution in [0.2, 0.25) is 0 Å². The third-order valence-electron chi connectivity index (χ3n) is 5.79. The third kappa shape index (κ3) is 5.08. The summed E-state index contributed by atoms with van der Waals surface area (Å²) in [6, 6.07) is 17.1. The Hall–Kier alpha value is -2.66. The van der Waals surface area contributed by atoms with Crippen LogP contribution < -0.4 is 5.32 Å². The Kier molecular flexibility index (Phi) is 6.80. The highest BCUT2D eigenvalue weighted by Gasteiger charge is 2.22. The number of ether oxygens (including phenoxy) is 1. The van der Waals surface area contributed by atoms with Crippen molar-refractivity contribution in [3.63, 3.8) is 0 Å². The number of imidazole rings is 1. The fraction of sp³-hybridized carbons (Fsp3) is 0.440. The Morgan fingerprint density at radius 1 is 1.13 bits per heavy atom. The van der Waals surface area contributed by atoms with E-state index in [0.717, 1.165) is 63.0 Å². The van der Waals surface area contributed by atoms with Gasteiger partial charge in [0.25, 0.3) is 0 Å². The number of carbonyl (C=O) groups excluding carboxylic acids is 1. The largest absolute Gasteiger partial charge is 0.368 e. The van der Waals surface area contributed by atoms with Crippen molar-refractivity contribution >= 4 is 16.9 Å². The number of hydrogen-bond acceptors (Lipinski definition) is 3. The summed E-state index contributed by atoms with van der Waals surface area (Å²) in [5.41, 5.74) is 4.82. The molecule has 0 bridgehead atoms. The molecule has 30 heavy (non-hydrogen) atoms. The van der Waals surface area contributed by atoms with Crippen LogP contribution in [0.4, 0.5) is 0 Å². The van der Waals surface area contributed by atoms with Crippen molar-refractivity contribution in [1.29, 1.82) is 0 Å². The van der Waals surface area contributed by atoms with Gasteiger partial charge in [0.15, 0.2) is 0 Å². The number of hydrogen-bond donors (Lipinski definition) is 1. The molecule has 1 aliphatic heterocycles. The molecule has 2 heterocycles. The van der Waals surface area contributed by atoms with Crippen molar-refractivity contribution < 1.29 is 9.53 Å². The number of para-hydroxylation sites is 2. The summed E-state index contributed by atoms with van der Waals surface area (Å²) in [6.07, 6.45) is 5.67. The maximum atomic E-state index is 12.0. The van der Waals surface area contributed by atoms with Crippen LogP contribution in [0.15, 0.2) is 48.5 Å². The van der Waals surface area contributed by atoms with Crippen LogP contribution in [0.25, 0.3) is 11.0 Å². The Balaban J connectivity index is 1.32. The van der Waals surface area contributed by atoms with Crippen molar-refractivity contribution in [2.24, 2.45) is 0 Å². The molecule has 1 aromatic heterocycles. The average molecular weight is 406 g/mol. The van der Waals surface area contributed by atoms with E-state index in [2.05, 4.69) is 59.3 Å². The lowest BCUT2D eigenvalue weighted by Gasteiger charge is -2.11. The highest BCUT2D eigenvalue weighted by atomic mass is 16.5. The van der Waals surface area contributed by atoms with Crippen molar-refractivity contribution in [2.75, 3.05) is 13.2 Å². The number of rotatable bonds is 9. The minimum atomic E-state index is -0.230. The summed E-state index contributed by atoms with van der Waals surface area (Å²) in [5.74, 6) is 1.19. The molecule has 5 nitrogen and oxygen atoms in total. The SMILES string of the molecule is Cc1ccc(Cn2c(CCCCCNC(=O)C3CCCO3)nc3ccccc32)cc1. The van der Waals surface area contributed by atoms with Gasteiger partial charge in [-0.1, -0.05) is 48.4 Å². The zero-order chi connectivity index (χ0) is 20.8. The van der Waals surface area contributed by atoms with Crippen molar-refractivity contribution in [3.05, 3.63) is 65.5 Å². The van der Waals surface area contributed by atoms with Crippen LogP contribution in [-0.2, 0) is 22.5 Å². The summed E-state index contributed by atoms with van der Waals surface area (Å²) in [7, 11) is 0. The van der Waals surface area contributed by atoms with E-state index in [0.29, 0.717) is 6.61 Å². The Bertz CT molecular complexity index is 972. The van der Waals surface area contributed by atoms with Gasteiger partial charge in [0.1, 0.15) is 11.9 Å². The predicted molar refractivity (Wildman–Crippen MR) is 120 cm³/mol. The van der Waals surface area contributed by atoms with Gasteiger partial charge in [0, 0.05) is 26.1 Å². The van der Waals surface area contributed by atoms with Gasteiger partial charge in [-0.25, -0.2) is 4.98 Å². The maximum absolute atomic E-state index is 12.0. The molecule has 1 aliphatic rings. The normalized spacial score (nSPS) is 16.2. The van der Waals surface area contributed by atoms with E-state index in [1.807, 2.05) is 6.07 Å². The second kappa shape index (κ2) is 9.90. The fourth-order valence-electron chi connectivity index (χ4n) is 4.06. The quantitative estimate of drug-likeness (QED) is 0.537. The molecule has 0 aliphatic carbocycles. The van der Waals surface area contributed by atoms with E-state index >= 15 is 0 Å². The fourth-order valence-corrected chi connectivity index (χ4v) is 4.06. The van der Waals surface area contributed by atoms with E-state index in [1.54, 1.807) is 0 Å². The number of aromatic nitrogens is 2. The highest BCUT2D eigenvalue weighted by molar-refractivity contribution is 5.80. The maximum Gasteiger partial charge on any atom is 0.249 e. The van der Waals surface area contributed by atoms with Gasteiger partial charge in [0.2, 0.25) is 5.91 Å². The Morgan fingerprint density at radius 3 is 2.77 bits per heavy atom. The standard InChI is InChI=1S/C25H31N3O2/c1-19-12-14-20(15-13-19)18-28-22-9-5-4-8-21(22)27-24(28)11-3-2-6-16-26-25(29)23-10-7-17-30-23/h4-5,8-9,12-15,23H,2-3,6-7,10-11,16-18H2,1H3,(H,26,29). The predicted octanol–water partition coefficient (Wildman–Crippen LogP) is 4.40. The zero-order valence-electron chi connectivity index (χ0n) is 17.8. The molecular weight excluding hydrogens is 374 g/mol. The van der Waals surface area contributed by atoms with Crippen LogP contribution >= 0.6 is 0 Å². The molecule has 3 aromatic rings. The van der Waals surface area contributed by atoms with E-state index in [9.17, 15) is 4.79 Å². The monoisotopic (exact) mass is 405 g/mol. The van der Waals surface area contributed by atoms with Crippen LogP contribution in [0.3, 0.4) is 0 Å². The van der Waals surface area contributed by atoms with Gasteiger partial charge in [-0.3, -0.25) is 4.79 Å². The molecule has 0 radical (unpaired) electrons. The number of amides is 1. The van der Waals surface area contributed by atoms with Crippen LogP contribution in [0.1, 0.15) is 49.1 Å². The van der Waals surface area contributed by atoms with Gasteiger partial charge in [-0.05, 0) is 50.3 Å². The first kappa shape index (κ1) is 20.6. The summed E-state index contributed by atoms with van der Waals surface area (Å²) in [4.78, 5) is 16.9. The molecule has 0 saturated carbocycles. The van der Waals surface area contributed by atoms with Crippen molar-refractivity contribution in [1.82, 2.24) is 14.9 Å². The molecule has 0 spiro atoms. The molecule has 2 aromatic carbocycles. The van der Waals surface area contributed by atoms with Crippen LogP contribution in [0, 0.1) is 6.92 Å². The molecule has 1 saturated heterocycles. The molecule has 1 N–H and O–H groups in total. The van der Waals surface area contributed by atoms with Gasteiger partial charge >= 0.3 is 0 Å². The smallest absolute Gasteiger partial charge is 0.249 e. The lowest BCUT2D eigenvalue weighted by Crippen LogP contribution is -2.34. The number of aryl methyl sites for hydroxylation is 2. The van der Waals surface area contributed by atoms with Crippen LogP contribution in [-0.4, -0.2) is 34.7 Å². The average Bonchev–Trinajstić information content (AvgIpc) is 3.41. The summed E-state index contributed by atoms with van der Waals surface area (Å²) >= 11 is 0. The first-order valence-corrected chi connectivity index (χ1v) is 11.1. The summed E-state index contributed by atoms with van der Waals surface area (Å²) < 4.78 is 7.77. The van der Waals surface area contributed by atoms with E-state index in [4.69, 9.17) is 9.72 Å². The van der Waals surface area contributed by atoms with E-state index in [-0.39, 0.29) is 12.0 Å². The number of unbranched alkanes of at least 4 members (excludes halogenated alkanes) is 2. The topological polar surface area (TPSA) is 56.2 Å². The third-order valence-corrected chi connectivity index (χ3v) is 5.79. The van der Waals surface area contributed by atoms with E-state index < -0.39 is 0 Å². The second-order valence-corrected chi connectivity index (χ2v) is 8.19. The lowest BCUT2D eigenvalue weighted by atomic mass is 10.1. The molecule has 158 valence electrons. The minimum Gasteiger partial charge on any atom is -0.368 e. The number of nitrogens with one attached hydrogen (secondary N) is 1. The van der Waals surface area contributed by atoms with Gasteiger partial charge in [0.05, 0.1) is 11.0 Å². The number of nitrogens with zero attached hydrogens (tertiary/aromatic N) is 2. The molecule has 1 atom stereocenters. The molecule has 1 amide bonds. The minimum absolute atomic E-state index is 0.0485. The molecule has 4 rings (SSSR count). The Labute approximate surface area is 178 Å². The van der Waals surface area contributed by atoms with Crippen LogP contribution in [0.5, 0.6) is 0 Å². The second-order valence-electron chi connectivity index (χ2n) is 8.19. The van der Waals surface area contributed by atoms with E-state index in [1.165, 1.54) is 16.6 Å². The molecular formula is C25H31N3O2. The summed E-state index contributed by atoms with van der Waals surface area (Å²) in [5, 5.41) is 3.01. The highest BCUT2D eigenvalue weighted by Crippen LogP contribution is 2.20.